The first kappa shape index (κ1) is 34.4. The highest BCUT2D eigenvalue weighted by atomic mass is 32.2. The molecular weight excluding hydrogens is 657 g/mol. The van der Waals surface area contributed by atoms with E-state index in [1.165, 1.54) is 30.0 Å². The fourth-order valence-corrected chi connectivity index (χ4v) is 7.93. The van der Waals surface area contributed by atoms with Gasteiger partial charge in [-0.25, -0.2) is 23.0 Å². The van der Waals surface area contributed by atoms with Crippen LogP contribution in [-0.4, -0.2) is 49.3 Å². The molecule has 2 heterocycles. The van der Waals surface area contributed by atoms with Gasteiger partial charge in [0.1, 0.15) is 23.2 Å². The average molecular weight is 697 g/mol. The Hall–Kier alpha value is -5.48. The minimum absolute atomic E-state index is 0.0610. The number of sulfonamides is 1. The maximum absolute atomic E-state index is 13.7. The molecule has 13 heteroatoms. The SMILES string of the molecule is [C-]#[N+]c1cn2[nH]c(-c3cc(Nc4ccc(OC)cc4)c(C)c(NS(=O)(=O)c4ccc(OC)cc4)c3)nc2c1C(=O)OC1C(C)CC(C)CC1C. The number of aromatic amines is 1. The number of esters is 1. The number of aromatic nitrogens is 3. The third kappa shape index (κ3) is 6.84. The van der Waals surface area contributed by atoms with E-state index in [4.69, 9.17) is 25.8 Å². The zero-order valence-corrected chi connectivity index (χ0v) is 29.6. The van der Waals surface area contributed by atoms with Crippen LogP contribution < -0.4 is 19.5 Å². The highest BCUT2D eigenvalue weighted by Crippen LogP contribution is 2.38. The maximum atomic E-state index is 13.7. The van der Waals surface area contributed by atoms with Crippen molar-refractivity contribution in [2.45, 2.75) is 51.5 Å². The molecule has 3 N–H and O–H groups in total. The molecule has 2 aromatic heterocycles. The molecular formula is C37H40N6O6S. The van der Waals surface area contributed by atoms with E-state index in [2.05, 4.69) is 40.8 Å². The first-order chi connectivity index (χ1) is 23.9. The van der Waals surface area contributed by atoms with Crippen molar-refractivity contribution in [3.05, 3.63) is 89.4 Å². The third-order valence-electron chi connectivity index (χ3n) is 9.31. The van der Waals surface area contributed by atoms with Gasteiger partial charge in [0.15, 0.2) is 11.5 Å². The summed E-state index contributed by atoms with van der Waals surface area (Å²) in [7, 11) is -0.906. The van der Waals surface area contributed by atoms with E-state index in [0.717, 1.165) is 18.5 Å². The highest BCUT2D eigenvalue weighted by molar-refractivity contribution is 7.92. The molecule has 12 nitrogen and oxygen atoms in total. The number of nitrogens with one attached hydrogen (secondary N) is 3. The second-order valence-electron chi connectivity index (χ2n) is 13.0. The zero-order chi connectivity index (χ0) is 35.7. The van der Waals surface area contributed by atoms with Crippen LogP contribution in [-0.2, 0) is 14.8 Å². The van der Waals surface area contributed by atoms with Crippen LogP contribution >= 0.6 is 0 Å². The van der Waals surface area contributed by atoms with Crippen LogP contribution in [0.5, 0.6) is 11.5 Å². The molecule has 50 heavy (non-hydrogen) atoms. The molecule has 0 spiro atoms. The monoisotopic (exact) mass is 696 g/mol. The summed E-state index contributed by atoms with van der Waals surface area (Å²) in [5, 5.41) is 6.55. The summed E-state index contributed by atoms with van der Waals surface area (Å²) in [5.74, 6) is 1.90. The van der Waals surface area contributed by atoms with Crippen LogP contribution in [0.25, 0.3) is 21.9 Å². The highest BCUT2D eigenvalue weighted by Gasteiger charge is 2.35. The molecule has 6 rings (SSSR count). The minimum atomic E-state index is -4.01. The number of anilines is 3. The lowest BCUT2D eigenvalue weighted by atomic mass is 9.75. The Morgan fingerprint density at radius 1 is 0.960 bits per heavy atom. The molecule has 0 bridgehead atoms. The quantitative estimate of drug-likeness (QED) is 0.0987. The van der Waals surface area contributed by atoms with Gasteiger partial charge in [-0.15, -0.1) is 0 Å². The van der Waals surface area contributed by atoms with E-state index in [-0.39, 0.29) is 39.7 Å². The average Bonchev–Trinajstić information content (AvgIpc) is 3.66. The van der Waals surface area contributed by atoms with Crippen LogP contribution in [0.1, 0.15) is 49.5 Å². The number of ether oxygens (including phenoxy) is 3. The van der Waals surface area contributed by atoms with Crippen molar-refractivity contribution in [2.75, 3.05) is 24.3 Å². The lowest BCUT2D eigenvalue weighted by Crippen LogP contribution is -2.37. The van der Waals surface area contributed by atoms with Gasteiger partial charge < -0.3 is 19.5 Å². The van der Waals surface area contributed by atoms with E-state index in [1.54, 1.807) is 32.2 Å². The van der Waals surface area contributed by atoms with Crippen molar-refractivity contribution >= 4 is 44.4 Å². The summed E-state index contributed by atoms with van der Waals surface area (Å²) in [5.41, 5.74) is 3.28. The van der Waals surface area contributed by atoms with Gasteiger partial charge in [0.25, 0.3) is 10.0 Å². The smallest absolute Gasteiger partial charge is 0.331 e. The fourth-order valence-electron chi connectivity index (χ4n) is 6.82. The number of hydrogen-bond acceptors (Lipinski definition) is 8. The predicted molar refractivity (Wildman–Crippen MR) is 192 cm³/mol. The number of rotatable bonds is 10. The number of nitrogens with zero attached hydrogens (tertiary/aromatic N) is 3. The second kappa shape index (κ2) is 13.8. The van der Waals surface area contributed by atoms with Gasteiger partial charge in [0.05, 0.1) is 31.4 Å². The van der Waals surface area contributed by atoms with Crippen molar-refractivity contribution in [2.24, 2.45) is 17.8 Å². The van der Waals surface area contributed by atoms with E-state index >= 15 is 0 Å². The van der Waals surface area contributed by atoms with Crippen LogP contribution in [0.2, 0.25) is 0 Å². The number of hydrogen-bond donors (Lipinski definition) is 3. The Labute approximate surface area is 291 Å². The summed E-state index contributed by atoms with van der Waals surface area (Å²) >= 11 is 0. The molecule has 0 saturated heterocycles. The molecule has 3 aromatic carbocycles. The maximum Gasteiger partial charge on any atom is 0.331 e. The number of fused-ring (bicyclic) bond motifs is 1. The minimum Gasteiger partial charge on any atom is -0.497 e. The van der Waals surface area contributed by atoms with Crippen LogP contribution in [0.3, 0.4) is 0 Å². The van der Waals surface area contributed by atoms with E-state index in [9.17, 15) is 13.2 Å². The van der Waals surface area contributed by atoms with E-state index in [1.807, 2.05) is 30.3 Å². The van der Waals surface area contributed by atoms with E-state index in [0.29, 0.717) is 45.7 Å². The van der Waals surface area contributed by atoms with Crippen molar-refractivity contribution in [1.82, 2.24) is 14.6 Å². The number of methoxy groups -OCH3 is 2. The summed E-state index contributed by atoms with van der Waals surface area (Å²) < 4.78 is 47.9. The Balaban J connectivity index is 1.40. The molecule has 2 atom stereocenters. The van der Waals surface area contributed by atoms with Crippen LogP contribution in [0.4, 0.5) is 22.7 Å². The fraction of sp³-hybridized carbons (Fsp3) is 0.324. The molecule has 1 aliphatic rings. The van der Waals surface area contributed by atoms with Gasteiger partial charge in [0.2, 0.25) is 5.69 Å². The normalized spacial score (nSPS) is 19.1. The van der Waals surface area contributed by atoms with Gasteiger partial charge in [-0.2, -0.15) is 0 Å². The Kier molecular flexibility index (Phi) is 9.49. The molecule has 1 fully saturated rings. The van der Waals surface area contributed by atoms with Gasteiger partial charge >= 0.3 is 5.97 Å². The van der Waals surface area contributed by atoms with Gasteiger partial charge in [0, 0.05) is 23.1 Å². The first-order valence-electron chi connectivity index (χ1n) is 16.3. The summed E-state index contributed by atoms with van der Waals surface area (Å²) in [4.78, 5) is 22.1. The Morgan fingerprint density at radius 3 is 2.16 bits per heavy atom. The Bertz CT molecular complexity index is 2170. The number of benzene rings is 3. The molecule has 2 unspecified atom stereocenters. The van der Waals surface area contributed by atoms with Crippen molar-refractivity contribution in [3.8, 4) is 22.9 Å². The summed E-state index contributed by atoms with van der Waals surface area (Å²) in [6, 6.07) is 16.9. The number of H-pyrrole nitrogens is 1. The molecule has 5 aromatic rings. The van der Waals surface area contributed by atoms with Crippen LogP contribution in [0, 0.1) is 31.2 Å². The Morgan fingerprint density at radius 2 is 1.56 bits per heavy atom. The standard InChI is InChI=1S/C37H40N6O6S/c1-21-16-22(2)34(23(3)17-21)49-37(44)33-32(38-5)20-43-36(33)40-35(41-43)25-18-30(39-26-8-10-27(47-6)11-9-26)24(4)31(19-25)42-50(45,46)29-14-12-28(48-7)13-15-29/h8-15,18-23,34,39,42H,16-17H2,1-4,6-7H3,(H,40,41). The molecule has 1 saturated carbocycles. The zero-order valence-electron chi connectivity index (χ0n) is 28.8. The van der Waals surface area contributed by atoms with Gasteiger partial charge in [-0.3, -0.25) is 14.3 Å². The largest absolute Gasteiger partial charge is 0.497 e. The van der Waals surface area contributed by atoms with E-state index < -0.39 is 16.0 Å². The number of carbonyl (C=O) groups excluding carboxylic acids is 1. The van der Waals surface area contributed by atoms with Crippen LogP contribution in [0.15, 0.2) is 71.8 Å². The predicted octanol–water partition coefficient (Wildman–Crippen LogP) is 7.98. The molecule has 0 amide bonds. The lowest BCUT2D eigenvalue weighted by Gasteiger charge is -2.37. The molecule has 0 radical (unpaired) electrons. The lowest BCUT2D eigenvalue weighted by molar-refractivity contribution is -0.0249. The summed E-state index contributed by atoms with van der Waals surface area (Å²) in [6.45, 7) is 16.0. The second-order valence-corrected chi connectivity index (χ2v) is 14.7. The van der Waals surface area contributed by atoms with Crippen molar-refractivity contribution in [3.63, 3.8) is 0 Å². The van der Waals surface area contributed by atoms with Crippen molar-refractivity contribution < 1.29 is 27.4 Å². The van der Waals surface area contributed by atoms with Gasteiger partial charge in [-0.05, 0) is 104 Å². The topological polar surface area (TPSA) is 140 Å². The molecule has 260 valence electrons. The van der Waals surface area contributed by atoms with Gasteiger partial charge in [-0.1, -0.05) is 20.8 Å². The third-order valence-corrected chi connectivity index (χ3v) is 10.7. The first-order valence-corrected chi connectivity index (χ1v) is 17.8. The summed E-state index contributed by atoms with van der Waals surface area (Å²) in [6.07, 6.45) is 3.17. The number of carbonyl (C=O) groups is 1. The molecule has 0 aliphatic heterocycles. The molecule has 1 aliphatic carbocycles. The van der Waals surface area contributed by atoms with Crippen molar-refractivity contribution in [1.29, 1.82) is 0 Å².